The fourth-order valence-corrected chi connectivity index (χ4v) is 0.931. The van der Waals surface area contributed by atoms with Crippen LogP contribution in [0.3, 0.4) is 0 Å². The predicted octanol–water partition coefficient (Wildman–Crippen LogP) is 2.31. The first-order valence-electron chi connectivity index (χ1n) is 3.96. The molecule has 11 heavy (non-hydrogen) atoms. The number of rotatable bonds is 4. The van der Waals surface area contributed by atoms with Gasteiger partial charge in [-0.1, -0.05) is 25.7 Å². The van der Waals surface area contributed by atoms with E-state index in [1.807, 2.05) is 19.9 Å². The Balaban J connectivity index is 3.43. The fourth-order valence-electron chi connectivity index (χ4n) is 0.425. The highest BCUT2D eigenvalue weighted by Gasteiger charge is 2.12. The van der Waals surface area contributed by atoms with Crippen molar-refractivity contribution >= 4 is 8.07 Å². The third-order valence-corrected chi connectivity index (χ3v) is 2.18. The van der Waals surface area contributed by atoms with Gasteiger partial charge in [0, 0.05) is 5.70 Å². The van der Waals surface area contributed by atoms with E-state index in [1.165, 1.54) is 0 Å². The van der Waals surface area contributed by atoms with Crippen molar-refractivity contribution in [1.82, 2.24) is 5.48 Å². The van der Waals surface area contributed by atoms with E-state index < -0.39 is 8.07 Å². The molecule has 0 bridgehead atoms. The van der Waals surface area contributed by atoms with Crippen molar-refractivity contribution in [2.24, 2.45) is 0 Å². The molecule has 1 N–H and O–H groups in total. The highest BCUT2D eigenvalue weighted by atomic mass is 28.3. The molecule has 0 aromatic heterocycles. The Kier molecular flexibility index (Phi) is 4.45. The molecule has 0 aromatic carbocycles. The lowest BCUT2D eigenvalue weighted by Crippen LogP contribution is -2.31. The standard InChI is InChI=1S/C8H19NOSi/c1-6-8(2)9-10-7-11(3,4)5/h6,9H,7H2,1-5H3. The van der Waals surface area contributed by atoms with Crippen LogP contribution >= 0.6 is 0 Å². The van der Waals surface area contributed by atoms with Gasteiger partial charge in [0.25, 0.3) is 0 Å². The van der Waals surface area contributed by atoms with E-state index in [4.69, 9.17) is 4.84 Å². The molecule has 0 amide bonds. The van der Waals surface area contributed by atoms with Gasteiger partial charge in [-0.25, -0.2) is 0 Å². The zero-order chi connectivity index (χ0) is 8.91. The van der Waals surface area contributed by atoms with Gasteiger partial charge >= 0.3 is 0 Å². The molecule has 0 spiro atoms. The molecule has 2 nitrogen and oxygen atoms in total. The van der Waals surface area contributed by atoms with Crippen LogP contribution in [-0.4, -0.2) is 14.3 Å². The number of nitrogens with one attached hydrogen (secondary N) is 1. The van der Waals surface area contributed by atoms with Gasteiger partial charge in [0.1, 0.15) is 0 Å². The van der Waals surface area contributed by atoms with E-state index in [-0.39, 0.29) is 0 Å². The van der Waals surface area contributed by atoms with Gasteiger partial charge in [0.15, 0.2) is 0 Å². The topological polar surface area (TPSA) is 21.3 Å². The average molecular weight is 173 g/mol. The predicted molar refractivity (Wildman–Crippen MR) is 51.9 cm³/mol. The quantitative estimate of drug-likeness (QED) is 0.520. The van der Waals surface area contributed by atoms with Crippen molar-refractivity contribution in [3.63, 3.8) is 0 Å². The smallest absolute Gasteiger partial charge is 0.0780 e. The summed E-state index contributed by atoms with van der Waals surface area (Å²) in [6, 6.07) is 0. The van der Waals surface area contributed by atoms with Crippen LogP contribution in [0.1, 0.15) is 13.8 Å². The minimum atomic E-state index is -1.05. The molecule has 0 heterocycles. The van der Waals surface area contributed by atoms with Crippen molar-refractivity contribution in [3.8, 4) is 0 Å². The van der Waals surface area contributed by atoms with Gasteiger partial charge in [0.05, 0.1) is 14.3 Å². The summed E-state index contributed by atoms with van der Waals surface area (Å²) in [5.74, 6) is 0. The maximum absolute atomic E-state index is 5.29. The van der Waals surface area contributed by atoms with Crippen LogP contribution in [0, 0.1) is 0 Å². The van der Waals surface area contributed by atoms with Crippen LogP contribution in [0.5, 0.6) is 0 Å². The van der Waals surface area contributed by atoms with Crippen LogP contribution in [0.15, 0.2) is 11.8 Å². The summed E-state index contributed by atoms with van der Waals surface area (Å²) in [6.07, 6.45) is 2.85. The molecule has 0 radical (unpaired) electrons. The lowest BCUT2D eigenvalue weighted by atomic mass is 10.5. The van der Waals surface area contributed by atoms with E-state index in [0.717, 1.165) is 11.9 Å². The first kappa shape index (κ1) is 10.7. The van der Waals surface area contributed by atoms with Gasteiger partial charge in [0.2, 0.25) is 0 Å². The zero-order valence-corrected chi connectivity index (χ0v) is 9.19. The van der Waals surface area contributed by atoms with Crippen LogP contribution in [0.4, 0.5) is 0 Å². The summed E-state index contributed by atoms with van der Waals surface area (Å²) in [6.45, 7) is 10.8. The van der Waals surface area contributed by atoms with Gasteiger partial charge in [-0.05, 0) is 13.8 Å². The molecule has 66 valence electrons. The normalized spacial score (nSPS) is 13.4. The van der Waals surface area contributed by atoms with Gasteiger partial charge < -0.3 is 0 Å². The third-order valence-electron chi connectivity index (χ3n) is 1.17. The van der Waals surface area contributed by atoms with Crippen molar-refractivity contribution in [2.45, 2.75) is 33.5 Å². The fraction of sp³-hybridized carbons (Fsp3) is 0.750. The molecule has 0 aliphatic heterocycles. The lowest BCUT2D eigenvalue weighted by Gasteiger charge is -2.16. The Morgan fingerprint density at radius 1 is 1.45 bits per heavy atom. The summed E-state index contributed by atoms with van der Waals surface area (Å²) < 4.78 is 0. The Morgan fingerprint density at radius 2 is 2.00 bits per heavy atom. The second-order valence-electron chi connectivity index (χ2n) is 3.92. The highest BCUT2D eigenvalue weighted by molar-refractivity contribution is 6.76. The van der Waals surface area contributed by atoms with Crippen molar-refractivity contribution < 1.29 is 4.84 Å². The van der Waals surface area contributed by atoms with Crippen molar-refractivity contribution in [2.75, 3.05) is 6.23 Å². The van der Waals surface area contributed by atoms with Crippen LogP contribution in [0.2, 0.25) is 19.6 Å². The Labute approximate surface area is 70.6 Å². The summed E-state index contributed by atoms with van der Waals surface area (Å²) in [5, 5.41) is 0. The number of hydroxylamine groups is 1. The number of allylic oxidation sites excluding steroid dienone is 2. The molecule has 0 fully saturated rings. The minimum Gasteiger partial charge on any atom is -0.280 e. The van der Waals surface area contributed by atoms with Crippen molar-refractivity contribution in [1.29, 1.82) is 0 Å². The Bertz CT molecular complexity index is 138. The molecule has 0 saturated heterocycles. The highest BCUT2D eigenvalue weighted by Crippen LogP contribution is 1.99. The van der Waals surface area contributed by atoms with Crippen LogP contribution < -0.4 is 5.48 Å². The number of hydrogen-bond donors (Lipinski definition) is 1. The van der Waals surface area contributed by atoms with E-state index in [0.29, 0.717) is 0 Å². The maximum atomic E-state index is 5.29. The molecule has 0 aromatic rings. The van der Waals surface area contributed by atoms with E-state index >= 15 is 0 Å². The van der Waals surface area contributed by atoms with Crippen molar-refractivity contribution in [3.05, 3.63) is 11.8 Å². The zero-order valence-electron chi connectivity index (χ0n) is 8.19. The molecular weight excluding hydrogens is 154 g/mol. The largest absolute Gasteiger partial charge is 0.280 e. The van der Waals surface area contributed by atoms with E-state index in [1.54, 1.807) is 0 Å². The Hall–Kier alpha value is -0.283. The summed E-state index contributed by atoms with van der Waals surface area (Å²) >= 11 is 0. The molecule has 0 atom stereocenters. The second-order valence-corrected chi connectivity index (χ2v) is 9.33. The first-order valence-corrected chi connectivity index (χ1v) is 7.67. The molecule has 0 aliphatic rings. The first-order chi connectivity index (χ1) is 4.95. The van der Waals surface area contributed by atoms with Crippen LogP contribution in [0.25, 0.3) is 0 Å². The third kappa shape index (κ3) is 7.62. The minimum absolute atomic E-state index is 0.859. The molecule has 0 unspecified atom stereocenters. The lowest BCUT2D eigenvalue weighted by molar-refractivity contribution is 0.0955. The van der Waals surface area contributed by atoms with Gasteiger partial charge in [-0.3, -0.25) is 10.3 Å². The summed E-state index contributed by atoms with van der Waals surface area (Å²) in [4.78, 5) is 5.29. The van der Waals surface area contributed by atoms with E-state index in [9.17, 15) is 0 Å². The second kappa shape index (κ2) is 4.57. The molecular formula is C8H19NOSi. The maximum Gasteiger partial charge on any atom is 0.0780 e. The molecule has 0 saturated carbocycles. The van der Waals surface area contributed by atoms with E-state index in [2.05, 4.69) is 25.1 Å². The van der Waals surface area contributed by atoms with Crippen LogP contribution in [-0.2, 0) is 4.84 Å². The molecule has 3 heteroatoms. The molecule has 0 aliphatic carbocycles. The average Bonchev–Trinajstić information content (AvgIpc) is 1.85. The monoisotopic (exact) mass is 173 g/mol. The van der Waals surface area contributed by atoms with Gasteiger partial charge in [-0.2, -0.15) is 0 Å². The molecule has 0 rings (SSSR count). The van der Waals surface area contributed by atoms with Gasteiger partial charge in [-0.15, -0.1) is 0 Å². The summed E-state index contributed by atoms with van der Waals surface area (Å²) in [5.41, 5.74) is 3.96. The summed E-state index contributed by atoms with van der Waals surface area (Å²) in [7, 11) is -1.05. The SMILES string of the molecule is CC=C(C)NOC[Si](C)(C)C. The Morgan fingerprint density at radius 3 is 2.36 bits per heavy atom. The number of hydrogen-bond acceptors (Lipinski definition) is 2.